The van der Waals surface area contributed by atoms with Crippen LogP contribution in [0.2, 0.25) is 0 Å². The van der Waals surface area contributed by atoms with E-state index in [0.717, 1.165) is 12.1 Å². The summed E-state index contributed by atoms with van der Waals surface area (Å²) in [6.45, 7) is 2.98. The third kappa shape index (κ3) is 4.05. The quantitative estimate of drug-likeness (QED) is 0.873. The van der Waals surface area contributed by atoms with E-state index >= 15 is 0 Å². The molecule has 0 spiro atoms. The van der Waals surface area contributed by atoms with E-state index in [4.69, 9.17) is 0 Å². The van der Waals surface area contributed by atoms with Crippen molar-refractivity contribution >= 4 is 5.91 Å². The predicted molar refractivity (Wildman–Crippen MR) is 84.4 cm³/mol. The Morgan fingerprint density at radius 3 is 2.67 bits per heavy atom. The van der Waals surface area contributed by atoms with Crippen LogP contribution in [-0.2, 0) is 11.3 Å². The van der Waals surface area contributed by atoms with Crippen LogP contribution in [-0.4, -0.2) is 21.6 Å². The molecule has 0 saturated carbocycles. The Morgan fingerprint density at radius 2 is 2.00 bits per heavy atom. The van der Waals surface area contributed by atoms with Crippen molar-refractivity contribution < 1.29 is 18.7 Å². The number of rotatable bonds is 5. The topological polar surface area (TPSA) is 71.3 Å². The van der Waals surface area contributed by atoms with E-state index in [1.807, 2.05) is 0 Å². The smallest absolute Gasteiger partial charge is 0.253 e. The molecule has 0 bridgehead atoms. The minimum absolute atomic E-state index is 0.148. The second-order valence-corrected chi connectivity index (χ2v) is 5.60. The van der Waals surface area contributed by atoms with Crippen LogP contribution in [0.4, 0.5) is 8.78 Å². The summed E-state index contributed by atoms with van der Waals surface area (Å²) in [6.07, 6.45) is 0.282. The van der Waals surface area contributed by atoms with Gasteiger partial charge in [0.1, 0.15) is 6.54 Å². The number of pyridine rings is 1. The summed E-state index contributed by atoms with van der Waals surface area (Å²) in [5.41, 5.74) is 0.385. The Kier molecular flexibility index (Phi) is 5.46. The van der Waals surface area contributed by atoms with Crippen molar-refractivity contribution in [1.29, 1.82) is 0 Å². The van der Waals surface area contributed by atoms with Gasteiger partial charge in [0.05, 0.1) is 12.1 Å². The van der Waals surface area contributed by atoms with E-state index in [2.05, 4.69) is 5.32 Å². The maximum Gasteiger partial charge on any atom is 0.253 e. The molecule has 24 heavy (non-hydrogen) atoms. The average molecular weight is 336 g/mol. The standard InChI is InChI=1S/C17H18F2N2O3/c1-10-4-3-7-21(17(10)24)9-15(22)20-11(2)16(23)12-5-6-13(18)14(19)8-12/h3-8,11,16,23H,9H2,1-2H3,(H,20,22). The minimum atomic E-state index is -1.21. The Hall–Kier alpha value is -2.54. The highest BCUT2D eigenvalue weighted by Crippen LogP contribution is 2.19. The summed E-state index contributed by atoms with van der Waals surface area (Å²) in [5, 5.41) is 12.7. The van der Waals surface area contributed by atoms with Gasteiger partial charge >= 0.3 is 0 Å². The van der Waals surface area contributed by atoms with Gasteiger partial charge in [-0.15, -0.1) is 0 Å². The largest absolute Gasteiger partial charge is 0.386 e. The van der Waals surface area contributed by atoms with Gasteiger partial charge in [0.25, 0.3) is 5.56 Å². The zero-order valence-electron chi connectivity index (χ0n) is 13.3. The van der Waals surface area contributed by atoms with Crippen molar-refractivity contribution in [3.8, 4) is 0 Å². The van der Waals surface area contributed by atoms with Gasteiger partial charge in [-0.1, -0.05) is 12.1 Å². The van der Waals surface area contributed by atoms with Gasteiger partial charge in [0, 0.05) is 11.8 Å². The number of nitrogens with one attached hydrogen (secondary N) is 1. The predicted octanol–water partition coefficient (Wildman–Crippen LogP) is 1.67. The molecule has 1 amide bonds. The van der Waals surface area contributed by atoms with Crippen LogP contribution in [0.1, 0.15) is 24.2 Å². The zero-order valence-corrected chi connectivity index (χ0v) is 13.3. The molecule has 0 fully saturated rings. The summed E-state index contributed by atoms with van der Waals surface area (Å²) in [4.78, 5) is 23.9. The summed E-state index contributed by atoms with van der Waals surface area (Å²) >= 11 is 0. The first-order valence-corrected chi connectivity index (χ1v) is 7.38. The fourth-order valence-electron chi connectivity index (χ4n) is 2.30. The van der Waals surface area contributed by atoms with Crippen LogP contribution in [0.5, 0.6) is 0 Å². The van der Waals surface area contributed by atoms with Crippen LogP contribution >= 0.6 is 0 Å². The number of carbonyl (C=O) groups is 1. The molecular formula is C17H18F2N2O3. The highest BCUT2D eigenvalue weighted by molar-refractivity contribution is 5.76. The number of hydrogen-bond acceptors (Lipinski definition) is 3. The van der Waals surface area contributed by atoms with Crippen LogP contribution in [0.3, 0.4) is 0 Å². The lowest BCUT2D eigenvalue weighted by Gasteiger charge is -2.21. The fourth-order valence-corrected chi connectivity index (χ4v) is 2.30. The first-order chi connectivity index (χ1) is 11.3. The molecule has 5 nitrogen and oxygen atoms in total. The maximum atomic E-state index is 13.2. The molecule has 1 aromatic heterocycles. The Morgan fingerprint density at radius 1 is 1.29 bits per heavy atom. The second-order valence-electron chi connectivity index (χ2n) is 5.60. The molecule has 2 unspecified atom stereocenters. The summed E-state index contributed by atoms with van der Waals surface area (Å²) in [5.74, 6) is -2.56. The molecule has 7 heteroatoms. The number of halogens is 2. The van der Waals surface area contributed by atoms with Crippen molar-refractivity contribution in [3.05, 3.63) is 69.6 Å². The minimum Gasteiger partial charge on any atom is -0.386 e. The van der Waals surface area contributed by atoms with Crippen molar-refractivity contribution in [3.63, 3.8) is 0 Å². The Bertz CT molecular complexity index is 805. The van der Waals surface area contributed by atoms with Gasteiger partial charge in [-0.3, -0.25) is 9.59 Å². The van der Waals surface area contributed by atoms with Crippen LogP contribution in [0.25, 0.3) is 0 Å². The molecule has 1 aromatic carbocycles. The highest BCUT2D eigenvalue weighted by Gasteiger charge is 2.20. The number of amides is 1. The molecule has 0 aliphatic heterocycles. The van der Waals surface area contributed by atoms with Gasteiger partial charge < -0.3 is 15.0 Å². The fraction of sp³-hybridized carbons (Fsp3) is 0.294. The molecule has 2 atom stereocenters. The normalized spacial score (nSPS) is 13.4. The molecule has 0 aliphatic rings. The number of aromatic nitrogens is 1. The van der Waals surface area contributed by atoms with Gasteiger partial charge in [-0.25, -0.2) is 8.78 Å². The number of benzene rings is 1. The van der Waals surface area contributed by atoms with E-state index in [1.165, 1.54) is 23.8 Å². The van der Waals surface area contributed by atoms with Crippen molar-refractivity contribution in [2.75, 3.05) is 0 Å². The lowest BCUT2D eigenvalue weighted by molar-refractivity contribution is -0.123. The van der Waals surface area contributed by atoms with Gasteiger partial charge in [-0.05, 0) is 37.6 Å². The summed E-state index contributed by atoms with van der Waals surface area (Å²) < 4.78 is 27.4. The van der Waals surface area contributed by atoms with Gasteiger partial charge in [0.15, 0.2) is 11.6 Å². The second kappa shape index (κ2) is 7.35. The molecule has 2 N–H and O–H groups in total. The molecular weight excluding hydrogens is 318 g/mol. The molecule has 2 rings (SSSR count). The van der Waals surface area contributed by atoms with Crippen molar-refractivity contribution in [2.45, 2.75) is 32.5 Å². The first-order valence-electron chi connectivity index (χ1n) is 7.38. The number of aryl methyl sites for hydroxylation is 1. The third-order valence-corrected chi connectivity index (χ3v) is 3.67. The van der Waals surface area contributed by atoms with E-state index < -0.39 is 29.7 Å². The van der Waals surface area contributed by atoms with Crippen molar-refractivity contribution in [1.82, 2.24) is 9.88 Å². The molecule has 0 radical (unpaired) electrons. The number of aliphatic hydroxyl groups excluding tert-OH is 1. The van der Waals surface area contributed by atoms with Crippen LogP contribution < -0.4 is 10.9 Å². The van der Waals surface area contributed by atoms with Crippen LogP contribution in [0, 0.1) is 18.6 Å². The molecule has 128 valence electrons. The van der Waals surface area contributed by atoms with E-state index in [9.17, 15) is 23.5 Å². The van der Waals surface area contributed by atoms with Crippen LogP contribution in [0.15, 0.2) is 41.3 Å². The van der Waals surface area contributed by atoms with Gasteiger partial charge in [-0.2, -0.15) is 0 Å². The molecule has 1 heterocycles. The molecule has 0 saturated heterocycles. The average Bonchev–Trinajstić information content (AvgIpc) is 2.53. The van der Waals surface area contributed by atoms with E-state index in [0.29, 0.717) is 5.56 Å². The van der Waals surface area contributed by atoms with Crippen molar-refractivity contribution in [2.24, 2.45) is 0 Å². The highest BCUT2D eigenvalue weighted by atomic mass is 19.2. The number of hydrogen-bond donors (Lipinski definition) is 2. The third-order valence-electron chi connectivity index (χ3n) is 3.67. The Labute approximate surface area is 137 Å². The molecule has 0 aliphatic carbocycles. The lowest BCUT2D eigenvalue weighted by Crippen LogP contribution is -2.40. The first kappa shape index (κ1) is 17.8. The monoisotopic (exact) mass is 336 g/mol. The number of carbonyl (C=O) groups excluding carboxylic acids is 1. The van der Waals surface area contributed by atoms with E-state index in [-0.39, 0.29) is 17.7 Å². The SMILES string of the molecule is Cc1cccn(CC(=O)NC(C)C(O)c2ccc(F)c(F)c2)c1=O. The molecule has 2 aromatic rings. The number of aliphatic hydroxyl groups is 1. The summed E-state index contributed by atoms with van der Waals surface area (Å²) in [7, 11) is 0. The Balaban J connectivity index is 2.04. The maximum absolute atomic E-state index is 13.2. The van der Waals surface area contributed by atoms with E-state index in [1.54, 1.807) is 19.1 Å². The number of nitrogens with zero attached hydrogens (tertiary/aromatic N) is 1. The summed E-state index contributed by atoms with van der Waals surface area (Å²) in [6, 6.07) is 5.59. The zero-order chi connectivity index (χ0) is 17.9. The lowest BCUT2D eigenvalue weighted by atomic mass is 10.0. The van der Waals surface area contributed by atoms with Gasteiger partial charge in [0.2, 0.25) is 5.91 Å².